The molecule has 0 spiro atoms. The fraction of sp³-hybridized carbons (Fsp3) is 0. The Balaban J connectivity index is 1.16. The molecule has 0 aliphatic carbocycles. The lowest BCUT2D eigenvalue weighted by Crippen LogP contribution is -1.93. The summed E-state index contributed by atoms with van der Waals surface area (Å²) in [6, 6.07) is 48.3. The monoisotopic (exact) mass is 688 g/mol. The van der Waals surface area contributed by atoms with E-state index in [0.29, 0.717) is 5.56 Å². The maximum atomic E-state index is 9.42. The minimum absolute atomic E-state index is 0.651. The molecule has 0 radical (unpaired) electrons. The highest BCUT2D eigenvalue weighted by molar-refractivity contribution is 6.22. The highest BCUT2D eigenvalue weighted by Crippen LogP contribution is 2.42. The van der Waals surface area contributed by atoms with E-state index < -0.39 is 0 Å². The van der Waals surface area contributed by atoms with Crippen molar-refractivity contribution in [2.45, 2.75) is 0 Å². The molecule has 5 aromatic carbocycles. The van der Waals surface area contributed by atoms with E-state index in [1.165, 1.54) is 0 Å². The largest absolute Gasteiger partial charge is 0.265 e. The van der Waals surface area contributed by atoms with Gasteiger partial charge < -0.3 is 0 Å². The molecule has 0 bridgehead atoms. The summed E-state index contributed by atoms with van der Waals surface area (Å²) < 4.78 is 0. The van der Waals surface area contributed by atoms with Gasteiger partial charge in [0.1, 0.15) is 0 Å². The van der Waals surface area contributed by atoms with Crippen molar-refractivity contribution in [3.05, 3.63) is 176 Å². The first-order valence-electron chi connectivity index (χ1n) is 17.7. The molecule has 5 aromatic heterocycles. The van der Waals surface area contributed by atoms with Crippen molar-refractivity contribution < 1.29 is 0 Å². The second-order valence-electron chi connectivity index (χ2n) is 13.3. The predicted octanol–water partition coefficient (Wildman–Crippen LogP) is 11.5. The molecular weight excluding hydrogens is 661 g/mol. The Morgan fingerprint density at radius 1 is 0.389 bits per heavy atom. The molecule has 6 nitrogen and oxygen atoms in total. The Morgan fingerprint density at radius 3 is 1.56 bits per heavy atom. The quantitative estimate of drug-likeness (QED) is 0.167. The van der Waals surface area contributed by atoms with Gasteiger partial charge in [0.25, 0.3) is 0 Å². The lowest BCUT2D eigenvalue weighted by Gasteiger charge is -2.16. The number of nitriles is 1. The van der Waals surface area contributed by atoms with E-state index in [1.54, 1.807) is 24.8 Å². The van der Waals surface area contributed by atoms with Crippen molar-refractivity contribution in [2.75, 3.05) is 0 Å². The predicted molar refractivity (Wildman–Crippen MR) is 217 cm³/mol. The van der Waals surface area contributed by atoms with Crippen LogP contribution in [-0.2, 0) is 0 Å². The Hall–Kier alpha value is -7.62. The van der Waals surface area contributed by atoms with E-state index in [1.807, 2.05) is 67.0 Å². The summed E-state index contributed by atoms with van der Waals surface area (Å²) in [5.74, 6) is 0. The zero-order chi connectivity index (χ0) is 36.0. The third kappa shape index (κ3) is 5.40. The summed E-state index contributed by atoms with van der Waals surface area (Å²) in [6.07, 6.45) is 10.9. The van der Waals surface area contributed by atoms with Crippen LogP contribution in [0.3, 0.4) is 0 Å². The third-order valence-corrected chi connectivity index (χ3v) is 10.1. The molecule has 0 fully saturated rings. The van der Waals surface area contributed by atoms with E-state index in [0.717, 1.165) is 99.2 Å². The zero-order valence-corrected chi connectivity index (χ0v) is 28.8. The Morgan fingerprint density at radius 2 is 0.944 bits per heavy atom. The minimum atomic E-state index is 0.651. The molecule has 10 aromatic rings. The van der Waals surface area contributed by atoms with Crippen LogP contribution in [0.25, 0.3) is 99.2 Å². The zero-order valence-electron chi connectivity index (χ0n) is 28.8. The second kappa shape index (κ2) is 12.9. The Labute approximate surface area is 310 Å². The first-order chi connectivity index (χ1) is 26.7. The van der Waals surface area contributed by atoms with Crippen molar-refractivity contribution in [3.63, 3.8) is 0 Å². The van der Waals surface area contributed by atoms with E-state index in [9.17, 15) is 5.26 Å². The van der Waals surface area contributed by atoms with Crippen molar-refractivity contribution in [1.82, 2.24) is 24.9 Å². The number of pyridine rings is 5. The number of aromatic nitrogens is 5. The van der Waals surface area contributed by atoms with Crippen molar-refractivity contribution in [3.8, 4) is 62.0 Å². The van der Waals surface area contributed by atoms with Gasteiger partial charge in [-0.25, -0.2) is 4.98 Å². The molecule has 6 heteroatoms. The highest BCUT2D eigenvalue weighted by Gasteiger charge is 2.17. The number of fused-ring (bicyclic) bond motifs is 6. The molecule has 0 aliphatic heterocycles. The van der Waals surface area contributed by atoms with Gasteiger partial charge in [-0.05, 0) is 129 Å². The molecule has 0 N–H and O–H groups in total. The van der Waals surface area contributed by atoms with Crippen LogP contribution in [0.2, 0.25) is 0 Å². The molecular formula is C48H28N6. The van der Waals surface area contributed by atoms with Gasteiger partial charge in [-0.3, -0.25) is 19.9 Å². The van der Waals surface area contributed by atoms with Crippen molar-refractivity contribution in [1.29, 1.82) is 5.26 Å². The summed E-state index contributed by atoms with van der Waals surface area (Å²) in [5.41, 5.74) is 12.6. The maximum Gasteiger partial charge on any atom is 0.0991 e. The average molecular weight is 689 g/mol. The maximum absolute atomic E-state index is 9.42. The van der Waals surface area contributed by atoms with Crippen LogP contribution in [0.4, 0.5) is 0 Å². The minimum Gasteiger partial charge on any atom is -0.265 e. The first-order valence-corrected chi connectivity index (χ1v) is 17.7. The van der Waals surface area contributed by atoms with Crippen LogP contribution in [0.5, 0.6) is 0 Å². The van der Waals surface area contributed by atoms with E-state index in [-0.39, 0.29) is 0 Å². The second-order valence-corrected chi connectivity index (χ2v) is 13.3. The molecule has 0 saturated carbocycles. The first kappa shape index (κ1) is 31.1. The van der Waals surface area contributed by atoms with Crippen LogP contribution in [0.1, 0.15) is 5.56 Å². The van der Waals surface area contributed by atoms with Gasteiger partial charge in [0, 0.05) is 70.2 Å². The van der Waals surface area contributed by atoms with Gasteiger partial charge >= 0.3 is 0 Å². The Bertz CT molecular complexity index is 3060. The van der Waals surface area contributed by atoms with Gasteiger partial charge in [0.05, 0.1) is 34.1 Å². The van der Waals surface area contributed by atoms with E-state index in [2.05, 4.69) is 94.9 Å². The van der Waals surface area contributed by atoms with E-state index in [4.69, 9.17) is 15.0 Å². The molecule has 5 heterocycles. The number of hydrogen-bond acceptors (Lipinski definition) is 6. The summed E-state index contributed by atoms with van der Waals surface area (Å²) in [6.45, 7) is 0. The van der Waals surface area contributed by atoms with Gasteiger partial charge in [-0.2, -0.15) is 5.26 Å². The molecule has 0 saturated heterocycles. The van der Waals surface area contributed by atoms with Crippen LogP contribution < -0.4 is 0 Å². The van der Waals surface area contributed by atoms with Gasteiger partial charge in [0.2, 0.25) is 0 Å². The standard InChI is InChI=1S/C48H28N6/c49-29-30-8-9-35-24-37(11-10-34(35)22-30)42-28-44-39-6-2-16-52-47(39)41(27-43(44)40-7-3-17-53-48(40)42)36-5-1-4-33(23-36)38-25-45(31-12-18-50-19-13-31)54-46(26-38)32-14-20-51-21-15-32/h1-28H. The fourth-order valence-corrected chi connectivity index (χ4v) is 7.53. The molecule has 54 heavy (non-hydrogen) atoms. The average Bonchev–Trinajstić information content (AvgIpc) is 3.26. The van der Waals surface area contributed by atoms with Crippen LogP contribution in [0, 0.1) is 11.3 Å². The summed E-state index contributed by atoms with van der Waals surface area (Å²) in [7, 11) is 0. The van der Waals surface area contributed by atoms with E-state index >= 15 is 0 Å². The summed E-state index contributed by atoms with van der Waals surface area (Å²) in [5, 5.41) is 15.9. The lowest BCUT2D eigenvalue weighted by molar-refractivity contribution is 1.27. The molecule has 0 aliphatic rings. The van der Waals surface area contributed by atoms with Crippen molar-refractivity contribution >= 4 is 43.4 Å². The fourth-order valence-electron chi connectivity index (χ4n) is 7.53. The van der Waals surface area contributed by atoms with Crippen LogP contribution in [-0.4, -0.2) is 24.9 Å². The third-order valence-electron chi connectivity index (χ3n) is 10.1. The smallest absolute Gasteiger partial charge is 0.0991 e. The number of nitrogens with zero attached hydrogens (tertiary/aromatic N) is 6. The van der Waals surface area contributed by atoms with Crippen LogP contribution >= 0.6 is 0 Å². The number of hydrogen-bond donors (Lipinski definition) is 0. The molecule has 0 amide bonds. The van der Waals surface area contributed by atoms with Gasteiger partial charge in [-0.1, -0.05) is 48.5 Å². The molecule has 250 valence electrons. The number of rotatable bonds is 5. The summed E-state index contributed by atoms with van der Waals surface area (Å²) >= 11 is 0. The molecule has 10 rings (SSSR count). The number of benzene rings is 5. The lowest BCUT2D eigenvalue weighted by atomic mass is 9.89. The SMILES string of the molecule is N#Cc1ccc2cc(-c3cc4c5cccnc5c(-c5cccc(-c6cc(-c7ccncc7)nc(-c7ccncc7)c6)c5)cc4c4cccnc34)ccc2c1. The van der Waals surface area contributed by atoms with Gasteiger partial charge in [-0.15, -0.1) is 0 Å². The summed E-state index contributed by atoms with van der Waals surface area (Å²) in [4.78, 5) is 23.4. The Kier molecular flexibility index (Phi) is 7.41. The van der Waals surface area contributed by atoms with Crippen LogP contribution in [0.15, 0.2) is 171 Å². The van der Waals surface area contributed by atoms with Crippen molar-refractivity contribution in [2.24, 2.45) is 0 Å². The van der Waals surface area contributed by atoms with Gasteiger partial charge in [0.15, 0.2) is 0 Å². The highest BCUT2D eigenvalue weighted by atomic mass is 14.7. The molecule has 0 unspecified atom stereocenters. The molecule has 0 atom stereocenters. The normalized spacial score (nSPS) is 11.3. The topological polar surface area (TPSA) is 88.2 Å².